The van der Waals surface area contributed by atoms with Crippen LogP contribution in [0.2, 0.25) is 0 Å². The van der Waals surface area contributed by atoms with Gasteiger partial charge in [0.1, 0.15) is 5.52 Å². The molecule has 3 rings (SSSR count). The molecule has 3 aromatic rings. The number of benzene rings is 2. The zero-order valence-electron chi connectivity index (χ0n) is 14.5. The SMILES string of the molecule is CCC(=O)Nc1ccc2nc(-c3ccc(C(C)(C)C)cc3)oc2c1. The first-order chi connectivity index (χ1) is 11.4. The van der Waals surface area contributed by atoms with E-state index >= 15 is 0 Å². The van der Waals surface area contributed by atoms with Crippen LogP contribution in [0.4, 0.5) is 5.69 Å². The second kappa shape index (κ2) is 6.11. The number of hydrogen-bond donors (Lipinski definition) is 1. The summed E-state index contributed by atoms with van der Waals surface area (Å²) in [5.74, 6) is 0.566. The molecule has 0 aliphatic carbocycles. The van der Waals surface area contributed by atoms with Crippen molar-refractivity contribution in [3.8, 4) is 11.5 Å². The molecule has 1 amide bonds. The molecule has 1 heterocycles. The third kappa shape index (κ3) is 3.32. The van der Waals surface area contributed by atoms with Crippen LogP contribution in [-0.4, -0.2) is 10.9 Å². The van der Waals surface area contributed by atoms with Crippen molar-refractivity contribution in [3.63, 3.8) is 0 Å². The van der Waals surface area contributed by atoms with Crippen LogP contribution < -0.4 is 5.32 Å². The molecule has 0 radical (unpaired) electrons. The van der Waals surface area contributed by atoms with Gasteiger partial charge in [-0.1, -0.05) is 39.8 Å². The molecule has 0 unspecified atom stereocenters. The Morgan fingerprint density at radius 1 is 1.12 bits per heavy atom. The Bertz CT molecular complexity index is 871. The monoisotopic (exact) mass is 322 g/mol. The summed E-state index contributed by atoms with van der Waals surface area (Å²) in [6.45, 7) is 8.39. The normalized spacial score (nSPS) is 11.7. The maximum Gasteiger partial charge on any atom is 0.227 e. The van der Waals surface area contributed by atoms with E-state index in [2.05, 4.69) is 43.2 Å². The summed E-state index contributed by atoms with van der Waals surface area (Å²) in [4.78, 5) is 16.0. The Morgan fingerprint density at radius 2 is 1.83 bits per heavy atom. The predicted molar refractivity (Wildman–Crippen MR) is 97.1 cm³/mol. The minimum absolute atomic E-state index is 0.0214. The highest BCUT2D eigenvalue weighted by atomic mass is 16.3. The van der Waals surface area contributed by atoms with Gasteiger partial charge in [0, 0.05) is 23.7 Å². The molecule has 0 spiro atoms. The fourth-order valence-electron chi connectivity index (χ4n) is 2.49. The topological polar surface area (TPSA) is 55.1 Å². The third-order valence-electron chi connectivity index (χ3n) is 3.99. The molecule has 1 N–H and O–H groups in total. The highest BCUT2D eigenvalue weighted by Crippen LogP contribution is 2.29. The van der Waals surface area contributed by atoms with Crippen molar-refractivity contribution < 1.29 is 9.21 Å². The van der Waals surface area contributed by atoms with Crippen LogP contribution >= 0.6 is 0 Å². The summed E-state index contributed by atoms with van der Waals surface area (Å²) in [6, 6.07) is 13.8. The van der Waals surface area contributed by atoms with E-state index in [0.29, 0.717) is 17.9 Å². The highest BCUT2D eigenvalue weighted by Gasteiger charge is 2.15. The van der Waals surface area contributed by atoms with Crippen molar-refractivity contribution in [3.05, 3.63) is 48.0 Å². The van der Waals surface area contributed by atoms with Gasteiger partial charge in [0.05, 0.1) is 0 Å². The Morgan fingerprint density at radius 3 is 2.46 bits per heavy atom. The molecule has 4 heteroatoms. The quantitative estimate of drug-likeness (QED) is 0.726. The molecule has 0 saturated heterocycles. The number of oxazole rings is 1. The van der Waals surface area contributed by atoms with Crippen molar-refractivity contribution in [2.75, 3.05) is 5.32 Å². The van der Waals surface area contributed by atoms with Gasteiger partial charge in [-0.05, 0) is 35.2 Å². The summed E-state index contributed by atoms with van der Waals surface area (Å²) in [5, 5.41) is 2.83. The van der Waals surface area contributed by atoms with Crippen molar-refractivity contribution in [2.45, 2.75) is 39.5 Å². The molecule has 0 bridgehead atoms. The lowest BCUT2D eigenvalue weighted by Gasteiger charge is -2.18. The standard InChI is InChI=1S/C20H22N2O2/c1-5-18(23)21-15-10-11-16-17(12-15)24-19(22-16)13-6-8-14(9-7-13)20(2,3)4/h6-12H,5H2,1-4H3,(H,21,23). The minimum Gasteiger partial charge on any atom is -0.436 e. The largest absolute Gasteiger partial charge is 0.436 e. The van der Waals surface area contributed by atoms with Crippen LogP contribution in [0, 0.1) is 0 Å². The van der Waals surface area contributed by atoms with Gasteiger partial charge in [-0.3, -0.25) is 4.79 Å². The van der Waals surface area contributed by atoms with E-state index in [-0.39, 0.29) is 11.3 Å². The lowest BCUT2D eigenvalue weighted by molar-refractivity contribution is -0.115. The van der Waals surface area contributed by atoms with Crippen molar-refractivity contribution in [2.24, 2.45) is 0 Å². The maximum atomic E-state index is 11.5. The molecule has 0 aliphatic heterocycles. The Kier molecular flexibility index (Phi) is 4.14. The first-order valence-electron chi connectivity index (χ1n) is 8.18. The molecule has 0 aliphatic rings. The van der Waals surface area contributed by atoms with Crippen LogP contribution in [0.3, 0.4) is 0 Å². The number of rotatable bonds is 3. The van der Waals surface area contributed by atoms with Crippen LogP contribution in [-0.2, 0) is 10.2 Å². The molecule has 124 valence electrons. The Labute approximate surface area is 141 Å². The predicted octanol–water partition coefficient (Wildman–Crippen LogP) is 5.14. The van der Waals surface area contributed by atoms with Gasteiger partial charge >= 0.3 is 0 Å². The van der Waals surface area contributed by atoms with Gasteiger partial charge in [-0.25, -0.2) is 4.98 Å². The summed E-state index contributed by atoms with van der Waals surface area (Å²) in [6.07, 6.45) is 0.444. The van der Waals surface area contributed by atoms with E-state index in [1.165, 1.54) is 5.56 Å². The first-order valence-corrected chi connectivity index (χ1v) is 8.18. The van der Waals surface area contributed by atoms with Gasteiger partial charge in [0.2, 0.25) is 11.8 Å². The van der Waals surface area contributed by atoms with Crippen LogP contribution in [0.15, 0.2) is 46.9 Å². The van der Waals surface area contributed by atoms with Crippen molar-refractivity contribution in [1.82, 2.24) is 4.98 Å². The first kappa shape index (κ1) is 16.2. The Hall–Kier alpha value is -2.62. The van der Waals surface area contributed by atoms with Gasteiger partial charge < -0.3 is 9.73 Å². The molecular formula is C20H22N2O2. The summed E-state index contributed by atoms with van der Waals surface area (Å²) >= 11 is 0. The lowest BCUT2D eigenvalue weighted by atomic mass is 9.87. The Balaban J connectivity index is 1.91. The van der Waals surface area contributed by atoms with Crippen molar-refractivity contribution in [1.29, 1.82) is 0 Å². The molecular weight excluding hydrogens is 300 g/mol. The zero-order valence-corrected chi connectivity index (χ0v) is 14.5. The number of anilines is 1. The van der Waals surface area contributed by atoms with Crippen LogP contribution in [0.25, 0.3) is 22.6 Å². The second-order valence-corrected chi connectivity index (χ2v) is 6.93. The number of carbonyl (C=O) groups excluding carboxylic acids is 1. The number of fused-ring (bicyclic) bond motifs is 1. The average molecular weight is 322 g/mol. The highest BCUT2D eigenvalue weighted by molar-refractivity contribution is 5.92. The molecule has 4 nitrogen and oxygen atoms in total. The second-order valence-electron chi connectivity index (χ2n) is 6.93. The number of nitrogens with zero attached hydrogens (tertiary/aromatic N) is 1. The third-order valence-corrected chi connectivity index (χ3v) is 3.99. The summed E-state index contributed by atoms with van der Waals surface area (Å²) in [7, 11) is 0. The lowest BCUT2D eigenvalue weighted by Crippen LogP contribution is -2.10. The number of nitrogens with one attached hydrogen (secondary N) is 1. The fraction of sp³-hybridized carbons (Fsp3) is 0.300. The average Bonchev–Trinajstić information content (AvgIpc) is 2.97. The number of carbonyl (C=O) groups is 1. The van der Waals surface area contributed by atoms with Gasteiger partial charge in [-0.2, -0.15) is 0 Å². The van der Waals surface area contributed by atoms with E-state index in [1.54, 1.807) is 0 Å². The van der Waals surface area contributed by atoms with Gasteiger partial charge in [0.25, 0.3) is 0 Å². The van der Waals surface area contributed by atoms with Crippen LogP contribution in [0.5, 0.6) is 0 Å². The number of hydrogen-bond acceptors (Lipinski definition) is 3. The van der Waals surface area contributed by atoms with Crippen molar-refractivity contribution >= 4 is 22.7 Å². The van der Waals surface area contributed by atoms with E-state index in [0.717, 1.165) is 16.8 Å². The van der Waals surface area contributed by atoms with Crippen LogP contribution in [0.1, 0.15) is 39.7 Å². The van der Waals surface area contributed by atoms with E-state index in [1.807, 2.05) is 37.3 Å². The summed E-state index contributed by atoms with van der Waals surface area (Å²) < 4.78 is 5.87. The molecule has 0 fully saturated rings. The molecule has 2 aromatic carbocycles. The fourth-order valence-corrected chi connectivity index (χ4v) is 2.49. The molecule has 1 aromatic heterocycles. The zero-order chi connectivity index (χ0) is 17.3. The minimum atomic E-state index is -0.0214. The molecule has 0 atom stereocenters. The number of amides is 1. The molecule has 0 saturated carbocycles. The van der Waals surface area contributed by atoms with Gasteiger partial charge in [-0.15, -0.1) is 0 Å². The van der Waals surface area contributed by atoms with E-state index < -0.39 is 0 Å². The summed E-state index contributed by atoms with van der Waals surface area (Å²) in [5.41, 5.74) is 4.50. The van der Waals surface area contributed by atoms with E-state index in [4.69, 9.17) is 4.42 Å². The van der Waals surface area contributed by atoms with Gasteiger partial charge in [0.15, 0.2) is 5.58 Å². The maximum absolute atomic E-state index is 11.5. The van der Waals surface area contributed by atoms with E-state index in [9.17, 15) is 4.79 Å². The molecule has 24 heavy (non-hydrogen) atoms. The number of aromatic nitrogens is 1. The smallest absolute Gasteiger partial charge is 0.227 e.